The minimum Gasteiger partial charge on any atom is -0.388 e. The Labute approximate surface area is 159 Å². The highest BCUT2D eigenvalue weighted by molar-refractivity contribution is 7.52. The van der Waals surface area contributed by atoms with Gasteiger partial charge in [-0.05, 0) is 6.92 Å². The summed E-state index contributed by atoms with van der Waals surface area (Å²) in [4.78, 5) is 21.6. The first kappa shape index (κ1) is 20.4. The lowest BCUT2D eigenvalue weighted by Gasteiger charge is -2.21. The number of hydrogen-bond donors (Lipinski definition) is 4. The van der Waals surface area contributed by atoms with Gasteiger partial charge in [-0.25, -0.2) is 4.98 Å². The third kappa shape index (κ3) is 4.09. The van der Waals surface area contributed by atoms with Gasteiger partial charge in [0.15, 0.2) is 17.0 Å². The second-order valence-corrected chi connectivity index (χ2v) is 8.82. The molecular weight excluding hydrogens is 401 g/mol. The molecule has 2 aromatic rings. The number of nitrogens with two attached hydrogens (primary N) is 1. The second-order valence-electron chi connectivity index (χ2n) is 6.35. The zero-order valence-electron chi connectivity index (χ0n) is 14.6. The molecule has 27 heavy (non-hydrogen) atoms. The minimum atomic E-state index is -3.69. The van der Waals surface area contributed by atoms with Crippen LogP contribution in [-0.4, -0.2) is 65.2 Å². The molecule has 6 atom stereocenters. The summed E-state index contributed by atoms with van der Waals surface area (Å²) in [5, 5.41) is 20.8. The van der Waals surface area contributed by atoms with Crippen LogP contribution in [0.25, 0.3) is 11.2 Å². The Morgan fingerprint density at radius 2 is 2.15 bits per heavy atom. The van der Waals surface area contributed by atoms with Gasteiger partial charge in [0.05, 0.1) is 18.5 Å². The van der Waals surface area contributed by atoms with Crippen molar-refractivity contribution >= 4 is 36.3 Å². The van der Waals surface area contributed by atoms with Crippen LogP contribution in [0.15, 0.2) is 6.33 Å². The molecule has 1 aliphatic heterocycles. The van der Waals surface area contributed by atoms with E-state index in [1.807, 2.05) is 0 Å². The summed E-state index contributed by atoms with van der Waals surface area (Å²) >= 11 is 5.99. The number of nitrogens with zero attached hydrogens (tertiary/aromatic N) is 4. The molecule has 3 unspecified atom stereocenters. The summed E-state index contributed by atoms with van der Waals surface area (Å²) in [5.41, 5.74) is 6.14. The van der Waals surface area contributed by atoms with Gasteiger partial charge >= 0.3 is 7.60 Å². The molecule has 0 radical (unpaired) electrons. The summed E-state index contributed by atoms with van der Waals surface area (Å²) in [7, 11) is -3.69. The van der Waals surface area contributed by atoms with Gasteiger partial charge in [0, 0.05) is 12.6 Å². The normalized spacial score (nSPS) is 29.1. The first-order chi connectivity index (χ1) is 12.6. The predicted molar refractivity (Wildman–Crippen MR) is 96.2 cm³/mol. The number of ether oxygens (including phenoxy) is 1. The van der Waals surface area contributed by atoms with Crippen LogP contribution in [0, 0.1) is 0 Å². The van der Waals surface area contributed by atoms with E-state index in [0.717, 1.165) is 0 Å². The average molecular weight is 422 g/mol. The number of fused-ring (bicyclic) bond motifs is 1. The van der Waals surface area contributed by atoms with Crippen LogP contribution in [-0.2, 0) is 13.8 Å². The molecule has 1 saturated heterocycles. The third-order valence-corrected chi connectivity index (χ3v) is 6.07. The van der Waals surface area contributed by atoms with Crippen molar-refractivity contribution in [2.24, 2.45) is 0 Å². The number of aliphatic hydroxyl groups excluding tert-OH is 2. The molecule has 0 spiro atoms. The Morgan fingerprint density at radius 3 is 2.81 bits per heavy atom. The van der Waals surface area contributed by atoms with Crippen LogP contribution >= 0.6 is 19.2 Å². The number of aliphatic hydroxyl groups is 2. The molecule has 0 aromatic carbocycles. The fourth-order valence-electron chi connectivity index (χ4n) is 2.96. The maximum atomic E-state index is 11.7. The van der Waals surface area contributed by atoms with Crippen molar-refractivity contribution in [3.8, 4) is 0 Å². The molecule has 0 saturated carbocycles. The fraction of sp³-hybridized carbons (Fsp3) is 0.643. The highest BCUT2D eigenvalue weighted by Crippen LogP contribution is 2.44. The highest BCUT2D eigenvalue weighted by atomic mass is 35.5. The van der Waals surface area contributed by atoms with E-state index in [9.17, 15) is 19.7 Å². The number of halogens is 1. The lowest BCUT2D eigenvalue weighted by atomic mass is 10.1. The van der Waals surface area contributed by atoms with E-state index in [4.69, 9.17) is 26.6 Å². The Morgan fingerprint density at radius 1 is 1.44 bits per heavy atom. The van der Waals surface area contributed by atoms with Crippen LogP contribution in [0.5, 0.6) is 0 Å². The zero-order chi connectivity index (χ0) is 19.9. The van der Waals surface area contributed by atoms with E-state index in [0.29, 0.717) is 0 Å². The van der Waals surface area contributed by atoms with Crippen LogP contribution in [0.2, 0.25) is 5.15 Å². The van der Waals surface area contributed by atoms with E-state index < -0.39 is 38.2 Å². The molecule has 3 rings (SSSR count). The number of rotatable bonds is 6. The molecule has 2 aromatic heterocycles. The van der Waals surface area contributed by atoms with Crippen LogP contribution in [0.4, 0.5) is 5.95 Å². The number of imidazole rings is 1. The van der Waals surface area contributed by atoms with E-state index in [-0.39, 0.29) is 34.8 Å². The zero-order valence-corrected chi connectivity index (χ0v) is 16.3. The molecular formula is C14H21ClN5O6P. The quantitative estimate of drug-likeness (QED) is 0.384. The van der Waals surface area contributed by atoms with Crippen molar-refractivity contribution in [1.82, 2.24) is 19.5 Å². The third-order valence-electron chi connectivity index (χ3n) is 4.32. The maximum Gasteiger partial charge on any atom is 0.328 e. The molecule has 13 heteroatoms. The molecule has 150 valence electrons. The second kappa shape index (κ2) is 7.59. The predicted octanol–water partition coefficient (Wildman–Crippen LogP) is 0.682. The molecule has 11 nitrogen and oxygen atoms in total. The molecule has 1 fully saturated rings. The number of nitrogen functional groups attached to an aromatic ring is 1. The van der Waals surface area contributed by atoms with Gasteiger partial charge in [-0.3, -0.25) is 9.13 Å². The summed E-state index contributed by atoms with van der Waals surface area (Å²) in [6.45, 7) is 3.13. The fourth-order valence-corrected chi connectivity index (χ4v) is 3.98. The monoisotopic (exact) mass is 421 g/mol. The lowest BCUT2D eigenvalue weighted by molar-refractivity contribution is -0.0457. The van der Waals surface area contributed by atoms with Crippen molar-refractivity contribution in [3.05, 3.63) is 11.5 Å². The van der Waals surface area contributed by atoms with Crippen molar-refractivity contribution < 1.29 is 28.9 Å². The minimum absolute atomic E-state index is 0.0282. The topological polar surface area (TPSA) is 166 Å². The standard InChI is InChI=1S/C14H21ClN5O6P/c1-3-27(23,24)26-6(2)4-7-9(21)10(22)13(25-7)20-5-17-8-11(15)18-14(16)19-12(8)20/h5-7,9-10,13,21-22H,3-4H2,1-2H3,(H,23,24)(H2,16,18,19)/t6?,7?,9-,10-,13-/m1/s1. The molecule has 0 amide bonds. The van der Waals surface area contributed by atoms with Gasteiger partial charge in [-0.1, -0.05) is 18.5 Å². The Bertz CT molecular complexity index is 881. The molecule has 3 heterocycles. The van der Waals surface area contributed by atoms with Crippen molar-refractivity contribution in [2.75, 3.05) is 11.9 Å². The van der Waals surface area contributed by atoms with Crippen LogP contribution < -0.4 is 5.73 Å². The lowest BCUT2D eigenvalue weighted by Crippen LogP contribution is -2.33. The van der Waals surface area contributed by atoms with Gasteiger partial charge in [0.25, 0.3) is 0 Å². The Kier molecular flexibility index (Phi) is 5.74. The van der Waals surface area contributed by atoms with E-state index in [1.165, 1.54) is 17.8 Å². The Balaban J connectivity index is 1.80. The molecule has 0 aliphatic carbocycles. The van der Waals surface area contributed by atoms with Crippen molar-refractivity contribution in [1.29, 1.82) is 0 Å². The highest BCUT2D eigenvalue weighted by Gasteiger charge is 2.45. The van der Waals surface area contributed by atoms with E-state index in [2.05, 4.69) is 15.0 Å². The first-order valence-corrected chi connectivity index (χ1v) is 10.4. The molecule has 5 N–H and O–H groups in total. The summed E-state index contributed by atoms with van der Waals surface area (Å²) in [5.74, 6) is -0.0703. The summed E-state index contributed by atoms with van der Waals surface area (Å²) in [6.07, 6.45) is -3.60. The van der Waals surface area contributed by atoms with Gasteiger partial charge in [0.1, 0.15) is 17.7 Å². The van der Waals surface area contributed by atoms with Crippen LogP contribution in [0.3, 0.4) is 0 Å². The van der Waals surface area contributed by atoms with Gasteiger partial charge in [-0.2, -0.15) is 9.97 Å². The molecule has 1 aliphatic rings. The van der Waals surface area contributed by atoms with Crippen molar-refractivity contribution in [2.45, 2.75) is 50.9 Å². The van der Waals surface area contributed by atoms with Gasteiger partial charge in [-0.15, -0.1) is 0 Å². The number of anilines is 1. The number of aromatic nitrogens is 4. The largest absolute Gasteiger partial charge is 0.388 e. The first-order valence-electron chi connectivity index (χ1n) is 8.30. The van der Waals surface area contributed by atoms with Gasteiger partial charge < -0.3 is 30.1 Å². The van der Waals surface area contributed by atoms with Crippen LogP contribution in [0.1, 0.15) is 26.5 Å². The summed E-state index contributed by atoms with van der Waals surface area (Å²) < 4.78 is 24.0. The number of hydrogen-bond acceptors (Lipinski definition) is 9. The summed E-state index contributed by atoms with van der Waals surface area (Å²) in [6, 6.07) is 0. The SMILES string of the molecule is CCP(=O)(O)OC(C)CC1O[C@@H](n2cnc3c(Cl)nc(N)nc32)[C@H](O)[C@@H]1O. The average Bonchev–Trinajstić information content (AvgIpc) is 3.11. The van der Waals surface area contributed by atoms with E-state index >= 15 is 0 Å². The van der Waals surface area contributed by atoms with Gasteiger partial charge in [0.2, 0.25) is 5.95 Å². The molecule has 0 bridgehead atoms. The maximum absolute atomic E-state index is 11.7. The Hall–Kier alpha value is -1.33. The smallest absolute Gasteiger partial charge is 0.328 e. The van der Waals surface area contributed by atoms with Crippen molar-refractivity contribution in [3.63, 3.8) is 0 Å². The van der Waals surface area contributed by atoms with E-state index in [1.54, 1.807) is 6.92 Å².